The molecule has 0 radical (unpaired) electrons. The molecule has 3 aromatic rings. The molecule has 0 atom stereocenters. The molecule has 0 spiro atoms. The third kappa shape index (κ3) is 4.63. The Morgan fingerprint density at radius 2 is 1.79 bits per heavy atom. The molecular weight excluding hydrogens is 431 g/mol. The molecule has 2 heterocycles. The van der Waals surface area contributed by atoms with Crippen molar-refractivity contribution in [3.8, 4) is 11.3 Å². The Hall–Kier alpha value is -2.84. The van der Waals surface area contributed by atoms with Crippen molar-refractivity contribution in [3.05, 3.63) is 59.4 Å². The van der Waals surface area contributed by atoms with Crippen molar-refractivity contribution in [2.24, 2.45) is 5.92 Å². The van der Waals surface area contributed by atoms with E-state index in [1.54, 1.807) is 12.1 Å². The van der Waals surface area contributed by atoms with Crippen LogP contribution in [0.25, 0.3) is 22.2 Å². The van der Waals surface area contributed by atoms with Gasteiger partial charge in [-0.25, -0.2) is 13.2 Å². The van der Waals surface area contributed by atoms with E-state index in [2.05, 4.69) is 15.2 Å². The first kappa shape index (κ1) is 22.0. The summed E-state index contributed by atoms with van der Waals surface area (Å²) in [7, 11) is 0. The fourth-order valence-corrected chi connectivity index (χ4v) is 4.92. The number of aromatic nitrogens is 1. The maximum atomic E-state index is 14.5. The lowest BCUT2D eigenvalue weighted by Gasteiger charge is -2.36. The predicted octanol–water partition coefficient (Wildman–Crippen LogP) is 4.19. The number of carbonyl (C=O) groups excluding carboxylic acids is 1. The first-order chi connectivity index (χ1) is 16.0. The van der Waals surface area contributed by atoms with Crippen molar-refractivity contribution < 1.29 is 22.7 Å². The summed E-state index contributed by atoms with van der Waals surface area (Å²) < 4.78 is 47.3. The zero-order valence-corrected chi connectivity index (χ0v) is 18.2. The van der Waals surface area contributed by atoms with Gasteiger partial charge in [0.15, 0.2) is 0 Å². The first-order valence-electron chi connectivity index (χ1n) is 11.3. The highest BCUT2D eigenvalue weighted by molar-refractivity contribution is 5.92. The summed E-state index contributed by atoms with van der Waals surface area (Å²) in [4.78, 5) is 17.5. The van der Waals surface area contributed by atoms with Crippen LogP contribution in [0.4, 0.5) is 13.2 Å². The molecule has 174 valence electrons. The number of nitrogens with one attached hydrogen (secondary N) is 2. The molecule has 1 aliphatic heterocycles. The number of nitrogens with zero attached hydrogens (tertiary/aromatic N) is 1. The summed E-state index contributed by atoms with van der Waals surface area (Å²) in [6.07, 6.45) is 1.61. The Balaban J connectivity index is 1.30. The van der Waals surface area contributed by atoms with E-state index in [1.165, 1.54) is 18.2 Å². The summed E-state index contributed by atoms with van der Waals surface area (Å²) in [6.45, 7) is 3.78. The molecular formula is C25H26F3N3O2. The Labute approximate surface area is 189 Å². The van der Waals surface area contributed by atoms with Gasteiger partial charge in [-0.1, -0.05) is 0 Å². The van der Waals surface area contributed by atoms with Crippen LogP contribution >= 0.6 is 0 Å². The summed E-state index contributed by atoms with van der Waals surface area (Å²) in [5.41, 5.74) is 2.53. The van der Waals surface area contributed by atoms with E-state index in [0.29, 0.717) is 43.3 Å². The van der Waals surface area contributed by atoms with E-state index >= 15 is 0 Å². The van der Waals surface area contributed by atoms with E-state index in [0.717, 1.165) is 43.1 Å². The second-order valence-corrected chi connectivity index (χ2v) is 8.96. The number of hydrogen-bond acceptors (Lipinski definition) is 3. The lowest BCUT2D eigenvalue weighted by atomic mass is 9.70. The van der Waals surface area contributed by atoms with Crippen LogP contribution in [0.1, 0.15) is 24.3 Å². The quantitative estimate of drug-likeness (QED) is 0.584. The van der Waals surface area contributed by atoms with Crippen molar-refractivity contribution in [1.82, 2.24) is 15.2 Å². The van der Waals surface area contributed by atoms with Crippen LogP contribution in [0.2, 0.25) is 0 Å². The first-order valence-corrected chi connectivity index (χ1v) is 11.3. The van der Waals surface area contributed by atoms with E-state index in [9.17, 15) is 18.0 Å². The smallest absolute Gasteiger partial charge is 0.234 e. The number of rotatable bonds is 6. The molecule has 33 heavy (non-hydrogen) atoms. The molecule has 0 unspecified atom stereocenters. The van der Waals surface area contributed by atoms with Gasteiger partial charge in [0.1, 0.15) is 17.5 Å². The van der Waals surface area contributed by atoms with Crippen LogP contribution in [0, 0.1) is 23.4 Å². The average Bonchev–Trinajstić information content (AvgIpc) is 3.13. The number of benzene rings is 2. The Morgan fingerprint density at radius 3 is 2.52 bits per heavy atom. The molecule has 5 rings (SSSR count). The van der Waals surface area contributed by atoms with Gasteiger partial charge in [0.2, 0.25) is 5.91 Å². The van der Waals surface area contributed by atoms with E-state index < -0.39 is 11.6 Å². The SMILES string of the molecule is O=C(CN1CCOCC1)NCC1CC(c2c(-c3ccc(F)cc3)[nH]c3c(F)cc(F)cc23)C1. The minimum atomic E-state index is -0.647. The van der Waals surface area contributed by atoms with Gasteiger partial charge in [-0.15, -0.1) is 0 Å². The zero-order chi connectivity index (χ0) is 22.9. The third-order valence-electron chi connectivity index (χ3n) is 6.70. The molecule has 1 aromatic heterocycles. The number of ether oxygens (including phenoxy) is 1. The number of halogens is 3. The highest BCUT2D eigenvalue weighted by atomic mass is 19.1. The lowest BCUT2D eigenvalue weighted by Crippen LogP contribution is -2.44. The third-order valence-corrected chi connectivity index (χ3v) is 6.70. The average molecular weight is 457 g/mol. The molecule has 1 aliphatic carbocycles. The normalized spacial score (nSPS) is 21.2. The second-order valence-electron chi connectivity index (χ2n) is 8.96. The van der Waals surface area contributed by atoms with Crippen molar-refractivity contribution >= 4 is 16.8 Å². The highest BCUT2D eigenvalue weighted by Crippen LogP contribution is 2.48. The number of carbonyl (C=O) groups is 1. The van der Waals surface area contributed by atoms with Gasteiger partial charge < -0.3 is 15.0 Å². The van der Waals surface area contributed by atoms with Gasteiger partial charge in [-0.2, -0.15) is 0 Å². The lowest BCUT2D eigenvalue weighted by molar-refractivity contribution is -0.123. The highest BCUT2D eigenvalue weighted by Gasteiger charge is 2.35. The van der Waals surface area contributed by atoms with Crippen LogP contribution in [0.15, 0.2) is 36.4 Å². The fourth-order valence-electron chi connectivity index (χ4n) is 4.92. The van der Waals surface area contributed by atoms with Gasteiger partial charge >= 0.3 is 0 Å². The number of H-pyrrole nitrogens is 1. The van der Waals surface area contributed by atoms with Gasteiger partial charge in [-0.05, 0) is 66.1 Å². The van der Waals surface area contributed by atoms with Crippen LogP contribution < -0.4 is 5.32 Å². The molecule has 1 saturated carbocycles. The number of aromatic amines is 1. The minimum absolute atomic E-state index is 0.00332. The van der Waals surface area contributed by atoms with Gasteiger partial charge in [0.25, 0.3) is 0 Å². The zero-order valence-electron chi connectivity index (χ0n) is 18.2. The number of amides is 1. The monoisotopic (exact) mass is 457 g/mol. The molecule has 1 amide bonds. The summed E-state index contributed by atoms with van der Waals surface area (Å²) in [5.74, 6) is -1.23. The van der Waals surface area contributed by atoms with Crippen molar-refractivity contribution in [3.63, 3.8) is 0 Å². The Morgan fingerprint density at radius 1 is 1.06 bits per heavy atom. The summed E-state index contributed by atoms with van der Waals surface area (Å²) in [6, 6.07) is 8.21. The van der Waals surface area contributed by atoms with E-state index in [1.807, 2.05) is 0 Å². The second kappa shape index (κ2) is 9.19. The molecule has 8 heteroatoms. The van der Waals surface area contributed by atoms with Crippen molar-refractivity contribution in [2.45, 2.75) is 18.8 Å². The predicted molar refractivity (Wildman–Crippen MR) is 119 cm³/mol. The standard InChI is InChI=1S/C25H26F3N3O2/c26-18-3-1-16(2-4-18)24-23(20-11-19(27)12-21(28)25(20)30-24)17-9-15(10-17)13-29-22(32)14-31-5-7-33-8-6-31/h1-4,11-12,15,17,30H,5-10,13-14H2,(H,29,32). The Kier molecular flexibility index (Phi) is 6.12. The van der Waals surface area contributed by atoms with Crippen LogP contribution in [0.3, 0.4) is 0 Å². The molecule has 2 fully saturated rings. The molecule has 2 aromatic carbocycles. The topological polar surface area (TPSA) is 57.4 Å². The van der Waals surface area contributed by atoms with Crippen LogP contribution in [0.5, 0.6) is 0 Å². The van der Waals surface area contributed by atoms with Crippen molar-refractivity contribution in [1.29, 1.82) is 0 Å². The van der Waals surface area contributed by atoms with E-state index in [-0.39, 0.29) is 23.2 Å². The maximum Gasteiger partial charge on any atom is 0.234 e. The van der Waals surface area contributed by atoms with Gasteiger partial charge in [0.05, 0.1) is 31.0 Å². The molecule has 5 nitrogen and oxygen atoms in total. The summed E-state index contributed by atoms with van der Waals surface area (Å²) >= 11 is 0. The van der Waals surface area contributed by atoms with Crippen LogP contribution in [-0.2, 0) is 9.53 Å². The van der Waals surface area contributed by atoms with Gasteiger partial charge in [-0.3, -0.25) is 9.69 Å². The molecule has 1 saturated heterocycles. The molecule has 0 bridgehead atoms. The fraction of sp³-hybridized carbons (Fsp3) is 0.400. The largest absolute Gasteiger partial charge is 0.379 e. The number of hydrogen-bond donors (Lipinski definition) is 2. The number of morpholine rings is 1. The van der Waals surface area contributed by atoms with Gasteiger partial charge in [0, 0.05) is 31.1 Å². The maximum absolute atomic E-state index is 14.5. The summed E-state index contributed by atoms with van der Waals surface area (Å²) in [5, 5.41) is 3.53. The van der Waals surface area contributed by atoms with Crippen molar-refractivity contribution in [2.75, 3.05) is 39.4 Å². The Bertz CT molecular complexity index is 1150. The van der Waals surface area contributed by atoms with E-state index in [4.69, 9.17) is 4.74 Å². The molecule has 2 aliphatic rings. The number of fused-ring (bicyclic) bond motifs is 1. The van der Waals surface area contributed by atoms with Crippen LogP contribution in [-0.4, -0.2) is 55.2 Å². The molecule has 2 N–H and O–H groups in total. The minimum Gasteiger partial charge on any atom is -0.379 e.